The van der Waals surface area contributed by atoms with Gasteiger partial charge in [0.25, 0.3) is 0 Å². The van der Waals surface area contributed by atoms with Gasteiger partial charge in [-0.05, 0) is 30.0 Å². The molecule has 1 N–H and O–H groups in total. The molecule has 0 bridgehead atoms. The Morgan fingerprint density at radius 3 is 2.44 bits per heavy atom. The summed E-state index contributed by atoms with van der Waals surface area (Å²) >= 11 is 6.96. The molecule has 0 aliphatic rings. The first kappa shape index (κ1) is 15.7. The van der Waals surface area contributed by atoms with Gasteiger partial charge in [-0.3, -0.25) is 4.79 Å². The van der Waals surface area contributed by atoms with Gasteiger partial charge in [-0.2, -0.15) is 0 Å². The third-order valence-corrected chi connectivity index (χ3v) is 3.75. The number of hydrogen-bond acceptors (Lipinski definition) is 1. The van der Waals surface area contributed by atoms with E-state index in [1.54, 1.807) is 0 Å². The van der Waals surface area contributed by atoms with Gasteiger partial charge in [-0.25, -0.2) is 0 Å². The van der Waals surface area contributed by atoms with Crippen LogP contribution >= 0.6 is 31.9 Å². The van der Waals surface area contributed by atoms with Gasteiger partial charge in [0.05, 0.1) is 6.42 Å². The Morgan fingerprint density at radius 1 is 1.28 bits per heavy atom. The number of hydrogen-bond donors (Lipinski definition) is 1. The van der Waals surface area contributed by atoms with Gasteiger partial charge >= 0.3 is 0 Å². The summed E-state index contributed by atoms with van der Waals surface area (Å²) in [5.41, 5.74) is 1.03. The number of carbonyl (C=O) groups excluding carboxylic acids is 1. The SMILES string of the molecule is CC(C)CC(Br)CNC(=O)Cc1ccc(Br)cc1. The van der Waals surface area contributed by atoms with Crippen molar-refractivity contribution in [3.05, 3.63) is 34.3 Å². The number of carbonyl (C=O) groups is 1. The predicted octanol–water partition coefficient (Wildman–Crippen LogP) is 3.92. The minimum atomic E-state index is 0.0746. The zero-order chi connectivity index (χ0) is 13.5. The van der Waals surface area contributed by atoms with Crippen molar-refractivity contribution in [1.82, 2.24) is 5.32 Å². The predicted molar refractivity (Wildman–Crippen MR) is 83.0 cm³/mol. The van der Waals surface area contributed by atoms with Gasteiger partial charge < -0.3 is 5.32 Å². The summed E-state index contributed by atoms with van der Waals surface area (Å²) in [6.07, 6.45) is 1.51. The molecule has 0 saturated carbocycles. The van der Waals surface area contributed by atoms with Crippen LogP contribution in [0, 0.1) is 5.92 Å². The van der Waals surface area contributed by atoms with E-state index in [1.165, 1.54) is 0 Å². The first-order chi connectivity index (χ1) is 8.47. The van der Waals surface area contributed by atoms with E-state index < -0.39 is 0 Å². The maximum atomic E-state index is 11.7. The average Bonchev–Trinajstić information content (AvgIpc) is 2.29. The lowest BCUT2D eigenvalue weighted by Crippen LogP contribution is -2.31. The number of amides is 1. The molecule has 0 aliphatic heterocycles. The molecule has 0 heterocycles. The van der Waals surface area contributed by atoms with Crippen molar-refractivity contribution in [2.75, 3.05) is 6.54 Å². The summed E-state index contributed by atoms with van der Waals surface area (Å²) in [6.45, 7) is 5.05. The maximum absolute atomic E-state index is 11.7. The van der Waals surface area contributed by atoms with Crippen LogP contribution < -0.4 is 5.32 Å². The molecule has 1 atom stereocenters. The Kier molecular flexibility index (Phi) is 6.94. The van der Waals surface area contributed by atoms with Crippen molar-refractivity contribution in [3.63, 3.8) is 0 Å². The average molecular weight is 377 g/mol. The maximum Gasteiger partial charge on any atom is 0.224 e. The highest BCUT2D eigenvalue weighted by Crippen LogP contribution is 2.12. The summed E-state index contributed by atoms with van der Waals surface area (Å²) in [7, 11) is 0. The Morgan fingerprint density at radius 2 is 1.89 bits per heavy atom. The lowest BCUT2D eigenvalue weighted by Gasteiger charge is -2.13. The molecular weight excluding hydrogens is 358 g/mol. The third-order valence-electron chi connectivity index (χ3n) is 2.53. The van der Waals surface area contributed by atoms with E-state index in [9.17, 15) is 4.79 Å². The van der Waals surface area contributed by atoms with Crippen LogP contribution in [0.1, 0.15) is 25.8 Å². The fourth-order valence-electron chi connectivity index (χ4n) is 1.67. The lowest BCUT2D eigenvalue weighted by atomic mass is 10.1. The summed E-state index contributed by atoms with van der Waals surface area (Å²) in [5, 5.41) is 2.95. The molecule has 0 aliphatic carbocycles. The van der Waals surface area contributed by atoms with Crippen LogP contribution in [-0.4, -0.2) is 17.3 Å². The molecule has 1 rings (SSSR count). The van der Waals surface area contributed by atoms with Crippen LogP contribution in [0.3, 0.4) is 0 Å². The molecule has 1 amide bonds. The van der Waals surface area contributed by atoms with Gasteiger partial charge in [0, 0.05) is 15.8 Å². The smallest absolute Gasteiger partial charge is 0.224 e. The van der Waals surface area contributed by atoms with Crippen molar-refractivity contribution in [3.8, 4) is 0 Å². The van der Waals surface area contributed by atoms with E-state index in [2.05, 4.69) is 51.0 Å². The van der Waals surface area contributed by atoms with E-state index in [1.807, 2.05) is 24.3 Å². The van der Waals surface area contributed by atoms with Crippen LogP contribution in [-0.2, 0) is 11.2 Å². The standard InChI is InChI=1S/C14H19Br2NO/c1-10(2)7-13(16)9-17-14(18)8-11-3-5-12(15)6-4-11/h3-6,10,13H,7-9H2,1-2H3,(H,17,18). The zero-order valence-electron chi connectivity index (χ0n) is 10.7. The Hall–Kier alpha value is -0.350. The molecule has 100 valence electrons. The molecule has 2 nitrogen and oxygen atoms in total. The Balaban J connectivity index is 2.31. The summed E-state index contributed by atoms with van der Waals surface area (Å²) in [5.74, 6) is 0.711. The molecule has 0 radical (unpaired) electrons. The molecule has 18 heavy (non-hydrogen) atoms. The second-order valence-electron chi connectivity index (χ2n) is 4.83. The van der Waals surface area contributed by atoms with Crippen molar-refractivity contribution in [2.45, 2.75) is 31.5 Å². The number of benzene rings is 1. The van der Waals surface area contributed by atoms with E-state index in [0.717, 1.165) is 16.5 Å². The van der Waals surface area contributed by atoms with Crippen molar-refractivity contribution in [1.29, 1.82) is 0 Å². The fourth-order valence-corrected chi connectivity index (χ4v) is 2.84. The number of alkyl halides is 1. The molecule has 0 spiro atoms. The van der Waals surface area contributed by atoms with E-state index in [0.29, 0.717) is 23.7 Å². The summed E-state index contributed by atoms with van der Waals surface area (Å²) in [6, 6.07) is 7.83. The highest BCUT2D eigenvalue weighted by Gasteiger charge is 2.09. The highest BCUT2D eigenvalue weighted by molar-refractivity contribution is 9.10. The van der Waals surface area contributed by atoms with Gasteiger partial charge in [-0.1, -0.05) is 57.8 Å². The summed E-state index contributed by atoms with van der Waals surface area (Å²) < 4.78 is 1.03. The van der Waals surface area contributed by atoms with Gasteiger partial charge in [0.15, 0.2) is 0 Å². The molecule has 1 aromatic carbocycles. The first-order valence-electron chi connectivity index (χ1n) is 6.12. The van der Waals surface area contributed by atoms with Crippen LogP contribution in [0.2, 0.25) is 0 Å². The molecular formula is C14H19Br2NO. The Bertz CT molecular complexity index is 376. The van der Waals surface area contributed by atoms with Gasteiger partial charge in [0.1, 0.15) is 0 Å². The number of rotatable bonds is 6. The van der Waals surface area contributed by atoms with Gasteiger partial charge in [-0.15, -0.1) is 0 Å². The molecule has 0 saturated heterocycles. The topological polar surface area (TPSA) is 29.1 Å². The van der Waals surface area contributed by atoms with Gasteiger partial charge in [0.2, 0.25) is 5.91 Å². The molecule has 4 heteroatoms. The van der Waals surface area contributed by atoms with Crippen molar-refractivity contribution < 1.29 is 4.79 Å². The minimum Gasteiger partial charge on any atom is -0.355 e. The van der Waals surface area contributed by atoms with E-state index >= 15 is 0 Å². The molecule has 0 fully saturated rings. The van der Waals surface area contributed by atoms with Crippen LogP contribution in [0.15, 0.2) is 28.7 Å². The van der Waals surface area contributed by atoms with Crippen LogP contribution in [0.4, 0.5) is 0 Å². The second-order valence-corrected chi connectivity index (χ2v) is 7.04. The third kappa shape index (κ3) is 6.55. The number of nitrogens with one attached hydrogen (secondary N) is 1. The molecule has 1 unspecified atom stereocenters. The normalized spacial score (nSPS) is 12.5. The minimum absolute atomic E-state index is 0.0746. The van der Waals surface area contributed by atoms with E-state index in [-0.39, 0.29) is 5.91 Å². The molecule has 0 aromatic heterocycles. The zero-order valence-corrected chi connectivity index (χ0v) is 13.9. The van der Waals surface area contributed by atoms with Crippen LogP contribution in [0.5, 0.6) is 0 Å². The highest BCUT2D eigenvalue weighted by atomic mass is 79.9. The quantitative estimate of drug-likeness (QED) is 0.749. The Labute approximate surface area is 126 Å². The van der Waals surface area contributed by atoms with E-state index in [4.69, 9.17) is 0 Å². The monoisotopic (exact) mass is 375 g/mol. The van der Waals surface area contributed by atoms with Crippen molar-refractivity contribution >= 4 is 37.8 Å². The van der Waals surface area contributed by atoms with Crippen LogP contribution in [0.25, 0.3) is 0 Å². The largest absolute Gasteiger partial charge is 0.355 e. The molecule has 1 aromatic rings. The first-order valence-corrected chi connectivity index (χ1v) is 7.83. The second kappa shape index (κ2) is 7.95. The van der Waals surface area contributed by atoms with Crippen molar-refractivity contribution in [2.24, 2.45) is 5.92 Å². The lowest BCUT2D eigenvalue weighted by molar-refractivity contribution is -0.120. The number of halogens is 2. The fraction of sp³-hybridized carbons (Fsp3) is 0.500. The summed E-state index contributed by atoms with van der Waals surface area (Å²) in [4.78, 5) is 12.1.